The molecule has 4 aromatic rings. The van der Waals surface area contributed by atoms with E-state index in [1.807, 2.05) is 53.1 Å². The van der Waals surface area contributed by atoms with Gasteiger partial charge in [-0.3, -0.25) is 9.36 Å². The van der Waals surface area contributed by atoms with Crippen molar-refractivity contribution in [2.45, 2.75) is 58.9 Å². The van der Waals surface area contributed by atoms with Crippen molar-refractivity contribution in [2.24, 2.45) is 0 Å². The summed E-state index contributed by atoms with van der Waals surface area (Å²) in [6.07, 6.45) is 3.97. The third kappa shape index (κ3) is 5.96. The fourth-order valence-electron chi connectivity index (χ4n) is 4.49. The van der Waals surface area contributed by atoms with Gasteiger partial charge in [-0.1, -0.05) is 51.0 Å². The number of benzene rings is 3. The standard InChI is InChI=1S/C31H36N2O3/c1-22(2)26-18-13-23(3)21-29(26)36-20-10-6-5-9-19-33-30(24-14-16-25(35-4)17-15-24)32-28-12-8-7-11-27(28)31(33)34/h7-8,11-18,21-22H,5-6,9-10,19-20H2,1-4H3. The number of rotatable bonds is 11. The summed E-state index contributed by atoms with van der Waals surface area (Å²) in [5.41, 5.74) is 4.12. The number of hydrogen-bond donors (Lipinski definition) is 0. The molecule has 5 nitrogen and oxygen atoms in total. The molecule has 0 unspecified atom stereocenters. The highest BCUT2D eigenvalue weighted by Crippen LogP contribution is 2.28. The van der Waals surface area contributed by atoms with Crippen LogP contribution in [0.2, 0.25) is 0 Å². The zero-order valence-corrected chi connectivity index (χ0v) is 21.8. The third-order valence-corrected chi connectivity index (χ3v) is 6.53. The minimum atomic E-state index is 0.00964. The van der Waals surface area contributed by atoms with Crippen molar-refractivity contribution in [2.75, 3.05) is 13.7 Å². The molecule has 1 aromatic heterocycles. The van der Waals surface area contributed by atoms with Gasteiger partial charge in [0.1, 0.15) is 17.3 Å². The molecule has 0 saturated carbocycles. The van der Waals surface area contributed by atoms with E-state index in [0.717, 1.165) is 48.3 Å². The molecule has 0 radical (unpaired) electrons. The number of ether oxygens (including phenoxy) is 2. The molecule has 0 saturated heterocycles. The second-order valence-corrected chi connectivity index (χ2v) is 9.60. The molecular formula is C31H36N2O3. The number of para-hydroxylation sites is 1. The molecule has 1 heterocycles. The van der Waals surface area contributed by atoms with Gasteiger partial charge >= 0.3 is 0 Å². The monoisotopic (exact) mass is 484 g/mol. The number of methoxy groups -OCH3 is 1. The van der Waals surface area contributed by atoms with E-state index in [0.29, 0.717) is 30.3 Å². The van der Waals surface area contributed by atoms with Crippen molar-refractivity contribution in [3.8, 4) is 22.9 Å². The highest BCUT2D eigenvalue weighted by Gasteiger charge is 2.13. The van der Waals surface area contributed by atoms with Crippen LogP contribution in [0.4, 0.5) is 0 Å². The van der Waals surface area contributed by atoms with Crippen LogP contribution in [0.1, 0.15) is 56.6 Å². The van der Waals surface area contributed by atoms with Crippen LogP contribution in [0.25, 0.3) is 22.3 Å². The number of hydrogen-bond acceptors (Lipinski definition) is 4. The minimum absolute atomic E-state index is 0.00964. The van der Waals surface area contributed by atoms with Gasteiger partial charge in [-0.15, -0.1) is 0 Å². The molecule has 0 spiro atoms. The average molecular weight is 485 g/mol. The summed E-state index contributed by atoms with van der Waals surface area (Å²) in [5.74, 6) is 2.92. The minimum Gasteiger partial charge on any atom is -0.497 e. The number of aromatic nitrogens is 2. The largest absolute Gasteiger partial charge is 0.497 e. The first-order valence-corrected chi connectivity index (χ1v) is 12.9. The van der Waals surface area contributed by atoms with Crippen LogP contribution in [0.5, 0.6) is 11.5 Å². The molecular weight excluding hydrogens is 448 g/mol. The van der Waals surface area contributed by atoms with E-state index in [4.69, 9.17) is 14.5 Å². The van der Waals surface area contributed by atoms with E-state index in [1.165, 1.54) is 11.1 Å². The van der Waals surface area contributed by atoms with E-state index >= 15 is 0 Å². The predicted octanol–water partition coefficient (Wildman–Crippen LogP) is 7.14. The van der Waals surface area contributed by atoms with Gasteiger partial charge in [0.15, 0.2) is 0 Å². The van der Waals surface area contributed by atoms with Crippen LogP contribution in [0.15, 0.2) is 71.5 Å². The van der Waals surface area contributed by atoms with Gasteiger partial charge < -0.3 is 9.47 Å². The Bertz CT molecular complexity index is 1360. The Hall–Kier alpha value is -3.60. The second-order valence-electron chi connectivity index (χ2n) is 9.60. The van der Waals surface area contributed by atoms with Crippen molar-refractivity contribution < 1.29 is 9.47 Å². The maximum absolute atomic E-state index is 13.4. The van der Waals surface area contributed by atoms with Gasteiger partial charge in [0, 0.05) is 12.1 Å². The maximum atomic E-state index is 13.4. The first-order valence-electron chi connectivity index (χ1n) is 12.9. The van der Waals surface area contributed by atoms with Crippen molar-refractivity contribution >= 4 is 10.9 Å². The molecule has 0 amide bonds. The Morgan fingerprint density at radius 2 is 1.67 bits per heavy atom. The zero-order valence-electron chi connectivity index (χ0n) is 21.8. The normalized spacial score (nSPS) is 11.2. The lowest BCUT2D eigenvalue weighted by molar-refractivity contribution is 0.300. The molecule has 36 heavy (non-hydrogen) atoms. The summed E-state index contributed by atoms with van der Waals surface area (Å²) in [6.45, 7) is 7.83. The van der Waals surface area contributed by atoms with Crippen LogP contribution < -0.4 is 15.0 Å². The highest BCUT2D eigenvalue weighted by molar-refractivity contribution is 5.79. The summed E-state index contributed by atoms with van der Waals surface area (Å²) in [6, 6.07) is 21.7. The first-order chi connectivity index (χ1) is 17.5. The number of unbranched alkanes of at least 4 members (excludes halogenated alkanes) is 3. The Labute approximate surface area is 213 Å². The molecule has 0 aliphatic rings. The SMILES string of the molecule is COc1ccc(-c2nc3ccccc3c(=O)n2CCCCCCOc2cc(C)ccc2C(C)C)cc1. The molecule has 3 aromatic carbocycles. The summed E-state index contributed by atoms with van der Waals surface area (Å²) in [4.78, 5) is 18.2. The molecule has 188 valence electrons. The first kappa shape index (κ1) is 25.5. The van der Waals surface area contributed by atoms with Gasteiger partial charge in [-0.2, -0.15) is 0 Å². The molecule has 4 rings (SSSR count). The topological polar surface area (TPSA) is 53.3 Å². The molecule has 5 heteroatoms. The quantitative estimate of drug-likeness (QED) is 0.212. The fourth-order valence-corrected chi connectivity index (χ4v) is 4.49. The summed E-state index contributed by atoms with van der Waals surface area (Å²) < 4.78 is 13.2. The lowest BCUT2D eigenvalue weighted by Crippen LogP contribution is -2.23. The van der Waals surface area contributed by atoms with E-state index in [-0.39, 0.29) is 5.56 Å². The Balaban J connectivity index is 1.39. The molecule has 0 N–H and O–H groups in total. The summed E-state index contributed by atoms with van der Waals surface area (Å²) in [7, 11) is 1.65. The molecule has 0 aliphatic carbocycles. The number of fused-ring (bicyclic) bond motifs is 1. The Morgan fingerprint density at radius 1 is 0.917 bits per heavy atom. The van der Waals surface area contributed by atoms with Gasteiger partial charge in [0.05, 0.1) is 24.6 Å². The van der Waals surface area contributed by atoms with E-state index in [9.17, 15) is 4.79 Å². The van der Waals surface area contributed by atoms with Crippen LogP contribution in [-0.4, -0.2) is 23.3 Å². The average Bonchev–Trinajstić information content (AvgIpc) is 2.89. The lowest BCUT2D eigenvalue weighted by atomic mass is 10.0. The number of nitrogens with zero attached hydrogens (tertiary/aromatic N) is 2. The molecule has 0 aliphatic heterocycles. The van der Waals surface area contributed by atoms with Crippen LogP contribution in [-0.2, 0) is 6.54 Å². The predicted molar refractivity (Wildman–Crippen MR) is 147 cm³/mol. The van der Waals surface area contributed by atoms with Crippen molar-refractivity contribution in [3.05, 3.63) is 88.2 Å². The zero-order chi connectivity index (χ0) is 25.5. The van der Waals surface area contributed by atoms with Crippen LogP contribution in [0.3, 0.4) is 0 Å². The van der Waals surface area contributed by atoms with Crippen molar-refractivity contribution in [1.82, 2.24) is 9.55 Å². The third-order valence-electron chi connectivity index (χ3n) is 6.53. The summed E-state index contributed by atoms with van der Waals surface area (Å²) in [5, 5.41) is 0.655. The Kier molecular flexibility index (Phi) is 8.42. The number of aryl methyl sites for hydroxylation is 1. The van der Waals surface area contributed by atoms with Crippen molar-refractivity contribution in [1.29, 1.82) is 0 Å². The maximum Gasteiger partial charge on any atom is 0.261 e. The van der Waals surface area contributed by atoms with Gasteiger partial charge in [-0.25, -0.2) is 4.98 Å². The fraction of sp³-hybridized carbons (Fsp3) is 0.355. The van der Waals surface area contributed by atoms with E-state index in [2.05, 4.69) is 39.0 Å². The van der Waals surface area contributed by atoms with Gasteiger partial charge in [0.25, 0.3) is 5.56 Å². The van der Waals surface area contributed by atoms with Crippen LogP contribution in [0, 0.1) is 6.92 Å². The highest BCUT2D eigenvalue weighted by atomic mass is 16.5. The van der Waals surface area contributed by atoms with Gasteiger partial charge in [0.2, 0.25) is 0 Å². The van der Waals surface area contributed by atoms with E-state index < -0.39 is 0 Å². The summed E-state index contributed by atoms with van der Waals surface area (Å²) >= 11 is 0. The van der Waals surface area contributed by atoms with Gasteiger partial charge in [-0.05, 0) is 79.3 Å². The molecule has 0 fully saturated rings. The van der Waals surface area contributed by atoms with Crippen LogP contribution >= 0.6 is 0 Å². The molecule has 0 bridgehead atoms. The lowest BCUT2D eigenvalue weighted by Gasteiger charge is -2.15. The smallest absolute Gasteiger partial charge is 0.261 e. The molecule has 0 atom stereocenters. The second kappa shape index (κ2) is 11.9. The Morgan fingerprint density at radius 3 is 2.42 bits per heavy atom. The van der Waals surface area contributed by atoms with E-state index in [1.54, 1.807) is 7.11 Å². The van der Waals surface area contributed by atoms with Crippen molar-refractivity contribution in [3.63, 3.8) is 0 Å².